The van der Waals surface area contributed by atoms with E-state index >= 15 is 0 Å². The lowest BCUT2D eigenvalue weighted by molar-refractivity contribution is -0.120. The minimum Gasteiger partial charge on any atom is -0.379 e. The predicted molar refractivity (Wildman–Crippen MR) is 74.2 cm³/mol. The Balaban J connectivity index is 1.93. The Hall–Kier alpha value is -1.05. The quantitative estimate of drug-likeness (QED) is 0.840. The Kier molecular flexibility index (Phi) is 4.84. The van der Waals surface area contributed by atoms with E-state index in [1.54, 1.807) is 0 Å². The van der Waals surface area contributed by atoms with Gasteiger partial charge in [-0.2, -0.15) is 0 Å². The van der Waals surface area contributed by atoms with Crippen molar-refractivity contribution in [3.8, 4) is 0 Å². The maximum Gasteiger partial charge on any atom is 0.233 e. The summed E-state index contributed by atoms with van der Waals surface area (Å²) in [6.07, 6.45) is 0.888. The van der Waals surface area contributed by atoms with Gasteiger partial charge in [-0.25, -0.2) is 0 Å². The molecule has 0 saturated carbocycles. The van der Waals surface area contributed by atoms with E-state index in [9.17, 15) is 4.79 Å². The Morgan fingerprint density at radius 3 is 2.95 bits per heavy atom. The van der Waals surface area contributed by atoms with Gasteiger partial charge in [-0.1, -0.05) is 25.2 Å². The van der Waals surface area contributed by atoms with E-state index in [2.05, 4.69) is 34.7 Å². The molecule has 106 valence electrons. The summed E-state index contributed by atoms with van der Waals surface area (Å²) in [6.45, 7) is 5.29. The molecule has 6 nitrogen and oxygen atoms in total. The molecule has 1 amide bonds. The third kappa shape index (κ3) is 3.71. The third-order valence-corrected chi connectivity index (χ3v) is 3.93. The maximum absolute atomic E-state index is 12.1. The lowest BCUT2D eigenvalue weighted by atomic mass is 10.0. The molecule has 1 saturated heterocycles. The number of carbonyl (C=O) groups excluding carboxylic acids is 1. The second-order valence-corrected chi connectivity index (χ2v) is 6.19. The van der Waals surface area contributed by atoms with Gasteiger partial charge in [-0.05, 0) is 13.0 Å². The monoisotopic (exact) mass is 284 g/mol. The SMILES string of the molecule is CNC1COCC1C(=O)Nc1nnc(CC(C)C)s1. The van der Waals surface area contributed by atoms with Crippen molar-refractivity contribution < 1.29 is 9.53 Å². The first kappa shape index (κ1) is 14.4. The number of anilines is 1. The number of ether oxygens (including phenoxy) is 1. The highest BCUT2D eigenvalue weighted by Gasteiger charge is 2.33. The zero-order chi connectivity index (χ0) is 13.8. The van der Waals surface area contributed by atoms with Gasteiger partial charge in [0.25, 0.3) is 0 Å². The molecule has 1 fully saturated rings. The summed E-state index contributed by atoms with van der Waals surface area (Å²) in [5.74, 6) is 0.319. The molecule has 1 aliphatic rings. The summed E-state index contributed by atoms with van der Waals surface area (Å²) in [4.78, 5) is 12.1. The maximum atomic E-state index is 12.1. The number of carbonyl (C=O) groups is 1. The molecule has 0 radical (unpaired) electrons. The van der Waals surface area contributed by atoms with Crippen molar-refractivity contribution in [3.63, 3.8) is 0 Å². The number of likely N-dealkylation sites (N-methyl/N-ethyl adjacent to an activating group) is 1. The smallest absolute Gasteiger partial charge is 0.233 e. The molecule has 2 heterocycles. The average molecular weight is 284 g/mol. The minimum atomic E-state index is -0.164. The molecule has 2 atom stereocenters. The van der Waals surface area contributed by atoms with Crippen molar-refractivity contribution >= 4 is 22.4 Å². The Morgan fingerprint density at radius 2 is 2.26 bits per heavy atom. The molecule has 0 bridgehead atoms. The van der Waals surface area contributed by atoms with Gasteiger partial charge in [-0.15, -0.1) is 10.2 Å². The van der Waals surface area contributed by atoms with E-state index in [4.69, 9.17) is 4.74 Å². The molecule has 2 N–H and O–H groups in total. The standard InChI is InChI=1S/C12H20N4O2S/c1-7(2)4-10-15-16-12(19-10)14-11(17)8-5-18-6-9(8)13-3/h7-9,13H,4-6H2,1-3H3,(H,14,16,17). The van der Waals surface area contributed by atoms with Crippen LogP contribution in [0, 0.1) is 11.8 Å². The van der Waals surface area contributed by atoms with Gasteiger partial charge >= 0.3 is 0 Å². The summed E-state index contributed by atoms with van der Waals surface area (Å²) in [5.41, 5.74) is 0. The first-order valence-corrected chi connectivity index (χ1v) is 7.30. The second kappa shape index (κ2) is 6.40. The summed E-state index contributed by atoms with van der Waals surface area (Å²) in [5, 5.41) is 15.5. The molecule has 0 spiro atoms. The van der Waals surface area contributed by atoms with Crippen LogP contribution in [-0.4, -0.2) is 42.4 Å². The molecule has 1 aromatic heterocycles. The molecular formula is C12H20N4O2S. The second-order valence-electron chi connectivity index (χ2n) is 5.13. The fourth-order valence-corrected chi connectivity index (χ4v) is 2.99. The van der Waals surface area contributed by atoms with Crippen LogP contribution in [0.5, 0.6) is 0 Å². The number of aromatic nitrogens is 2. The van der Waals surface area contributed by atoms with E-state index < -0.39 is 0 Å². The highest BCUT2D eigenvalue weighted by molar-refractivity contribution is 7.15. The summed E-state index contributed by atoms with van der Waals surface area (Å²) < 4.78 is 5.32. The van der Waals surface area contributed by atoms with Crippen molar-refractivity contribution in [2.45, 2.75) is 26.3 Å². The van der Waals surface area contributed by atoms with Crippen LogP contribution >= 0.6 is 11.3 Å². The van der Waals surface area contributed by atoms with Gasteiger partial charge in [0.15, 0.2) is 0 Å². The van der Waals surface area contributed by atoms with Crippen molar-refractivity contribution in [2.24, 2.45) is 11.8 Å². The number of hydrogen-bond acceptors (Lipinski definition) is 6. The molecule has 1 aromatic rings. The number of hydrogen-bond donors (Lipinski definition) is 2. The van der Waals surface area contributed by atoms with E-state index in [0.717, 1.165) is 11.4 Å². The van der Waals surface area contributed by atoms with Gasteiger partial charge in [0.1, 0.15) is 5.01 Å². The normalized spacial score (nSPS) is 22.9. The minimum absolute atomic E-state index is 0.0518. The largest absolute Gasteiger partial charge is 0.379 e. The van der Waals surface area contributed by atoms with Gasteiger partial charge in [0.2, 0.25) is 11.0 Å². The van der Waals surface area contributed by atoms with Crippen LogP contribution in [0.3, 0.4) is 0 Å². The van der Waals surface area contributed by atoms with E-state index in [1.165, 1.54) is 11.3 Å². The summed E-state index contributed by atoms with van der Waals surface area (Å²) in [6, 6.07) is 0.0723. The molecule has 0 aromatic carbocycles. The predicted octanol–water partition coefficient (Wildman–Crippen LogP) is 0.909. The van der Waals surface area contributed by atoms with Crippen molar-refractivity contribution in [1.29, 1.82) is 0 Å². The first-order valence-electron chi connectivity index (χ1n) is 6.48. The van der Waals surface area contributed by atoms with Crippen molar-refractivity contribution in [1.82, 2.24) is 15.5 Å². The third-order valence-electron chi connectivity index (χ3n) is 3.07. The zero-order valence-electron chi connectivity index (χ0n) is 11.5. The molecule has 19 heavy (non-hydrogen) atoms. The Morgan fingerprint density at radius 1 is 1.47 bits per heavy atom. The summed E-state index contributed by atoms with van der Waals surface area (Å²) in [7, 11) is 1.84. The van der Waals surface area contributed by atoms with Crippen LogP contribution in [0.25, 0.3) is 0 Å². The van der Waals surface area contributed by atoms with Crippen molar-refractivity contribution in [3.05, 3.63) is 5.01 Å². The number of nitrogens with one attached hydrogen (secondary N) is 2. The average Bonchev–Trinajstić information content (AvgIpc) is 2.96. The molecule has 7 heteroatoms. The van der Waals surface area contributed by atoms with E-state index in [0.29, 0.717) is 24.3 Å². The van der Waals surface area contributed by atoms with E-state index in [1.807, 2.05) is 7.05 Å². The summed E-state index contributed by atoms with van der Waals surface area (Å²) >= 11 is 1.44. The van der Waals surface area contributed by atoms with Gasteiger partial charge < -0.3 is 15.4 Å². The van der Waals surface area contributed by atoms with Gasteiger partial charge in [0, 0.05) is 12.5 Å². The fourth-order valence-electron chi connectivity index (χ4n) is 2.03. The first-order chi connectivity index (χ1) is 9.10. The number of amides is 1. The molecular weight excluding hydrogens is 264 g/mol. The molecule has 2 rings (SSSR count). The number of nitrogens with zero attached hydrogens (tertiary/aromatic N) is 2. The Bertz CT molecular complexity index is 435. The van der Waals surface area contributed by atoms with Crippen LogP contribution in [0.2, 0.25) is 0 Å². The number of rotatable bonds is 5. The fraction of sp³-hybridized carbons (Fsp3) is 0.750. The van der Waals surface area contributed by atoms with Crippen LogP contribution in [-0.2, 0) is 16.0 Å². The molecule has 2 unspecified atom stereocenters. The van der Waals surface area contributed by atoms with Crippen molar-refractivity contribution in [2.75, 3.05) is 25.6 Å². The lowest BCUT2D eigenvalue weighted by Gasteiger charge is -2.14. The van der Waals surface area contributed by atoms with E-state index in [-0.39, 0.29) is 17.9 Å². The van der Waals surface area contributed by atoms with Gasteiger partial charge in [0.05, 0.1) is 19.1 Å². The highest BCUT2D eigenvalue weighted by Crippen LogP contribution is 2.21. The van der Waals surface area contributed by atoms with Crippen LogP contribution < -0.4 is 10.6 Å². The highest BCUT2D eigenvalue weighted by atomic mass is 32.1. The zero-order valence-corrected chi connectivity index (χ0v) is 12.3. The molecule has 0 aliphatic carbocycles. The van der Waals surface area contributed by atoms with Crippen LogP contribution in [0.4, 0.5) is 5.13 Å². The topological polar surface area (TPSA) is 76.1 Å². The van der Waals surface area contributed by atoms with Crippen LogP contribution in [0.15, 0.2) is 0 Å². The molecule has 1 aliphatic heterocycles. The lowest BCUT2D eigenvalue weighted by Crippen LogP contribution is -2.39. The van der Waals surface area contributed by atoms with Crippen LogP contribution in [0.1, 0.15) is 18.9 Å². The van der Waals surface area contributed by atoms with Gasteiger partial charge in [-0.3, -0.25) is 4.79 Å². The Labute approximate surface area is 116 Å².